The van der Waals surface area contributed by atoms with Gasteiger partial charge < -0.3 is 21.3 Å². The molecular formula is C23H27N9O2. The van der Waals surface area contributed by atoms with E-state index in [0.29, 0.717) is 35.8 Å². The second-order valence-corrected chi connectivity index (χ2v) is 9.62. The van der Waals surface area contributed by atoms with Crippen LogP contribution in [0.2, 0.25) is 0 Å². The maximum absolute atomic E-state index is 12.4. The summed E-state index contributed by atoms with van der Waals surface area (Å²) in [6.45, 7) is 2.19. The number of aromatic nitrogens is 5. The van der Waals surface area contributed by atoms with Crippen molar-refractivity contribution in [3.05, 3.63) is 35.8 Å². The van der Waals surface area contributed by atoms with E-state index < -0.39 is 17.2 Å². The fraction of sp³-hybridized carbons (Fsp3) is 0.478. The number of hydrogen-bond donors (Lipinski definition) is 3. The van der Waals surface area contributed by atoms with Gasteiger partial charge >= 0.3 is 0 Å². The third-order valence-electron chi connectivity index (χ3n) is 7.60. The maximum Gasteiger partial charge on any atom is 0.273 e. The number of nitrogens with zero attached hydrogens (tertiary/aromatic N) is 6. The first kappa shape index (κ1) is 20.8. The molecule has 2 saturated carbocycles. The van der Waals surface area contributed by atoms with Gasteiger partial charge in [-0.1, -0.05) is 6.42 Å². The summed E-state index contributed by atoms with van der Waals surface area (Å²) in [6.07, 6.45) is 7.23. The predicted octanol–water partition coefficient (Wildman–Crippen LogP) is 1.38. The lowest BCUT2D eigenvalue weighted by Crippen LogP contribution is -2.30. The average molecular weight is 462 g/mol. The molecule has 0 bridgehead atoms. The van der Waals surface area contributed by atoms with E-state index >= 15 is 0 Å². The minimum absolute atomic E-state index is 0.0923. The third-order valence-corrected chi connectivity index (χ3v) is 7.60. The first-order valence-electron chi connectivity index (χ1n) is 11.8. The summed E-state index contributed by atoms with van der Waals surface area (Å²) in [5.41, 5.74) is 7.51. The number of primary amides is 1. The number of carbonyl (C=O) groups is 2. The van der Waals surface area contributed by atoms with Crippen molar-refractivity contribution in [3.8, 4) is 0 Å². The molecular weight excluding hydrogens is 434 g/mol. The second kappa shape index (κ2) is 7.64. The molecule has 6 rings (SSSR count). The second-order valence-electron chi connectivity index (χ2n) is 9.62. The van der Waals surface area contributed by atoms with Crippen LogP contribution in [0.1, 0.15) is 48.3 Å². The van der Waals surface area contributed by atoms with Gasteiger partial charge in [-0.05, 0) is 55.7 Å². The zero-order chi connectivity index (χ0) is 23.4. The summed E-state index contributed by atoms with van der Waals surface area (Å²) in [5.74, 6) is 1.08. The zero-order valence-electron chi connectivity index (χ0n) is 19.0. The highest BCUT2D eigenvalue weighted by atomic mass is 16.2. The average Bonchev–Trinajstić information content (AvgIpc) is 3.14. The fourth-order valence-electron chi connectivity index (χ4n) is 5.44. The van der Waals surface area contributed by atoms with E-state index in [2.05, 4.69) is 41.9 Å². The number of pyridine rings is 1. The Balaban J connectivity index is 1.30. The highest BCUT2D eigenvalue weighted by molar-refractivity contribution is 5.98. The Kier molecular flexibility index (Phi) is 4.68. The number of fused-ring (bicyclic) bond motifs is 2. The van der Waals surface area contributed by atoms with E-state index in [1.54, 1.807) is 10.6 Å². The molecule has 3 aromatic rings. The molecule has 2 unspecified atom stereocenters. The smallest absolute Gasteiger partial charge is 0.273 e. The minimum Gasteiger partial charge on any atom is -0.370 e. The molecule has 1 aliphatic heterocycles. The minimum atomic E-state index is -0.820. The van der Waals surface area contributed by atoms with Gasteiger partial charge in [0.25, 0.3) is 5.91 Å². The number of anilines is 3. The molecule has 11 heteroatoms. The van der Waals surface area contributed by atoms with Gasteiger partial charge in [-0.2, -0.15) is 10.1 Å². The predicted molar refractivity (Wildman–Crippen MR) is 125 cm³/mol. The van der Waals surface area contributed by atoms with Crippen LogP contribution in [0.5, 0.6) is 0 Å². The van der Waals surface area contributed by atoms with E-state index in [1.165, 1.54) is 26.3 Å². The lowest BCUT2D eigenvalue weighted by Gasteiger charge is -2.19. The van der Waals surface area contributed by atoms with Gasteiger partial charge in [-0.25, -0.2) is 4.52 Å². The molecule has 2 atom stereocenters. The zero-order valence-corrected chi connectivity index (χ0v) is 19.0. The van der Waals surface area contributed by atoms with E-state index in [-0.39, 0.29) is 5.69 Å². The molecule has 0 spiro atoms. The van der Waals surface area contributed by atoms with Gasteiger partial charge in [-0.3, -0.25) is 9.59 Å². The van der Waals surface area contributed by atoms with Crippen molar-refractivity contribution in [2.24, 2.45) is 17.6 Å². The summed E-state index contributed by atoms with van der Waals surface area (Å²) in [7, 11) is 1.52. The van der Waals surface area contributed by atoms with Gasteiger partial charge in [0.1, 0.15) is 0 Å². The van der Waals surface area contributed by atoms with Crippen molar-refractivity contribution < 1.29 is 9.59 Å². The molecule has 2 aliphatic carbocycles. The number of carbonyl (C=O) groups excluding carboxylic acids is 2. The van der Waals surface area contributed by atoms with Crippen molar-refractivity contribution in [3.63, 3.8) is 0 Å². The topological polar surface area (TPSA) is 143 Å². The van der Waals surface area contributed by atoms with Crippen LogP contribution in [-0.2, 0) is 10.2 Å². The van der Waals surface area contributed by atoms with Crippen LogP contribution < -0.4 is 21.3 Å². The van der Waals surface area contributed by atoms with Crippen molar-refractivity contribution >= 4 is 34.8 Å². The van der Waals surface area contributed by atoms with Crippen LogP contribution >= 0.6 is 0 Å². The largest absolute Gasteiger partial charge is 0.370 e. The standard InChI is InChI=1S/C23H27N9O2/c1-25-20(33)19-16(9-17(28-29-19)23(7-8-23)21(24)34)26-22-27-18-6-5-15(12-32(18)30-22)31-10-13-3-2-4-14(13)11-31/h5-6,9,12-14H,2-4,7-8,10-11H2,1H3,(H2,24,34)(H,25,33)(H,26,28,30). The van der Waals surface area contributed by atoms with Gasteiger partial charge in [0, 0.05) is 20.1 Å². The SMILES string of the molecule is CNC(=O)c1nnc(C2(C(N)=O)CC2)cc1Nc1nc2ccc(N3CC4CCCC4C3)cn2n1. The molecule has 176 valence electrons. The summed E-state index contributed by atoms with van der Waals surface area (Å²) in [5, 5.41) is 18.4. The monoisotopic (exact) mass is 461 g/mol. The van der Waals surface area contributed by atoms with Crippen LogP contribution in [-0.4, -0.2) is 56.7 Å². The van der Waals surface area contributed by atoms with Gasteiger partial charge in [-0.15, -0.1) is 10.2 Å². The lowest BCUT2D eigenvalue weighted by atomic mass is 10.0. The van der Waals surface area contributed by atoms with Crippen molar-refractivity contribution in [1.82, 2.24) is 30.1 Å². The molecule has 3 fully saturated rings. The van der Waals surface area contributed by atoms with Crippen LogP contribution in [0.4, 0.5) is 17.3 Å². The molecule has 0 aromatic carbocycles. The van der Waals surface area contributed by atoms with Crippen molar-refractivity contribution in [2.75, 3.05) is 30.4 Å². The summed E-state index contributed by atoms with van der Waals surface area (Å²) in [4.78, 5) is 31.3. The van der Waals surface area contributed by atoms with Crippen molar-refractivity contribution in [1.29, 1.82) is 0 Å². The van der Waals surface area contributed by atoms with E-state index in [0.717, 1.165) is 30.6 Å². The van der Waals surface area contributed by atoms with Crippen molar-refractivity contribution in [2.45, 2.75) is 37.5 Å². The Morgan fingerprint density at radius 1 is 1.15 bits per heavy atom. The van der Waals surface area contributed by atoms with E-state index in [4.69, 9.17) is 5.73 Å². The Hall–Kier alpha value is -3.76. The van der Waals surface area contributed by atoms with Gasteiger partial charge in [0.15, 0.2) is 11.3 Å². The number of hydrogen-bond acceptors (Lipinski definition) is 8. The highest BCUT2D eigenvalue weighted by Gasteiger charge is 2.52. The van der Waals surface area contributed by atoms with E-state index in [1.807, 2.05) is 12.3 Å². The molecule has 34 heavy (non-hydrogen) atoms. The van der Waals surface area contributed by atoms with Crippen LogP contribution in [0.15, 0.2) is 24.4 Å². The molecule has 0 radical (unpaired) electrons. The van der Waals surface area contributed by atoms with Gasteiger partial charge in [0.2, 0.25) is 11.9 Å². The van der Waals surface area contributed by atoms with Crippen LogP contribution in [0, 0.1) is 11.8 Å². The molecule has 3 aromatic heterocycles. The van der Waals surface area contributed by atoms with Crippen LogP contribution in [0.25, 0.3) is 5.65 Å². The first-order valence-corrected chi connectivity index (χ1v) is 11.8. The molecule has 2 amide bonds. The molecule has 4 N–H and O–H groups in total. The lowest BCUT2D eigenvalue weighted by molar-refractivity contribution is -0.120. The van der Waals surface area contributed by atoms with Crippen LogP contribution in [0.3, 0.4) is 0 Å². The number of nitrogens with one attached hydrogen (secondary N) is 2. The Bertz CT molecular complexity index is 1290. The first-order chi connectivity index (χ1) is 16.5. The Morgan fingerprint density at radius 2 is 1.91 bits per heavy atom. The fourth-order valence-corrected chi connectivity index (χ4v) is 5.44. The Morgan fingerprint density at radius 3 is 2.59 bits per heavy atom. The maximum atomic E-state index is 12.4. The van der Waals surface area contributed by atoms with E-state index in [9.17, 15) is 9.59 Å². The third kappa shape index (κ3) is 3.34. The number of rotatable bonds is 6. The quantitative estimate of drug-likeness (QED) is 0.499. The normalized spacial score (nSPS) is 22.6. The number of amides is 2. The molecule has 3 aliphatic rings. The molecule has 11 nitrogen and oxygen atoms in total. The summed E-state index contributed by atoms with van der Waals surface area (Å²) >= 11 is 0. The summed E-state index contributed by atoms with van der Waals surface area (Å²) in [6, 6.07) is 5.68. The Labute approximate surface area is 196 Å². The summed E-state index contributed by atoms with van der Waals surface area (Å²) < 4.78 is 1.74. The molecule has 1 saturated heterocycles. The van der Waals surface area contributed by atoms with Gasteiger partial charge in [0.05, 0.1) is 28.7 Å². The molecule has 4 heterocycles. The number of nitrogens with two attached hydrogens (primary N) is 1. The highest BCUT2D eigenvalue weighted by Crippen LogP contribution is 2.47.